The van der Waals surface area contributed by atoms with E-state index in [4.69, 9.17) is 0 Å². The molecule has 0 spiro atoms. The molecule has 2 heterocycles. The molecule has 0 aliphatic rings. The molecule has 0 fully saturated rings. The fourth-order valence-corrected chi connectivity index (χ4v) is 2.99. The van der Waals surface area contributed by atoms with E-state index in [1.54, 1.807) is 6.20 Å². The molecule has 108 valence electrons. The topological polar surface area (TPSA) is 74.8 Å². The summed E-state index contributed by atoms with van der Waals surface area (Å²) in [6.45, 7) is 0.107. The van der Waals surface area contributed by atoms with E-state index in [0.717, 1.165) is 17.5 Å². The van der Waals surface area contributed by atoms with Gasteiger partial charge in [0.2, 0.25) is 10.0 Å². The SMILES string of the molecule is O=S(=O)(NCc1cc2cccnc2[nH]1)c1ccc(F)cc1. The third-order valence-corrected chi connectivity index (χ3v) is 4.44. The Balaban J connectivity index is 1.78. The lowest BCUT2D eigenvalue weighted by atomic mass is 10.3. The predicted molar refractivity (Wildman–Crippen MR) is 76.5 cm³/mol. The van der Waals surface area contributed by atoms with Crippen LogP contribution in [0.25, 0.3) is 11.0 Å². The first-order chi connectivity index (χ1) is 10.0. The van der Waals surface area contributed by atoms with Gasteiger partial charge in [0.1, 0.15) is 11.5 Å². The molecule has 7 heteroatoms. The van der Waals surface area contributed by atoms with Gasteiger partial charge in [0.15, 0.2) is 0 Å². The van der Waals surface area contributed by atoms with Crippen LogP contribution < -0.4 is 4.72 Å². The van der Waals surface area contributed by atoms with Gasteiger partial charge in [-0.15, -0.1) is 0 Å². The predicted octanol–water partition coefficient (Wildman–Crippen LogP) is 2.18. The molecule has 0 atom stereocenters. The van der Waals surface area contributed by atoms with Gasteiger partial charge in [-0.3, -0.25) is 0 Å². The first-order valence-electron chi connectivity index (χ1n) is 6.22. The summed E-state index contributed by atoms with van der Waals surface area (Å²) in [6, 6.07) is 10.2. The van der Waals surface area contributed by atoms with Crippen molar-refractivity contribution in [1.82, 2.24) is 14.7 Å². The maximum atomic E-state index is 12.8. The number of hydrogen-bond acceptors (Lipinski definition) is 3. The van der Waals surface area contributed by atoms with E-state index in [1.165, 1.54) is 12.1 Å². The van der Waals surface area contributed by atoms with E-state index in [0.29, 0.717) is 11.3 Å². The molecule has 0 saturated carbocycles. The van der Waals surface area contributed by atoms with Crippen molar-refractivity contribution in [3.8, 4) is 0 Å². The minimum absolute atomic E-state index is 0.0261. The van der Waals surface area contributed by atoms with Crippen LogP contribution in [0.4, 0.5) is 4.39 Å². The van der Waals surface area contributed by atoms with E-state index < -0.39 is 15.8 Å². The third kappa shape index (κ3) is 2.93. The lowest BCUT2D eigenvalue weighted by molar-refractivity contribution is 0.579. The molecule has 0 unspecified atom stereocenters. The quantitative estimate of drug-likeness (QED) is 0.776. The van der Waals surface area contributed by atoms with Crippen LogP contribution in [0.3, 0.4) is 0 Å². The summed E-state index contributed by atoms with van der Waals surface area (Å²) in [5, 5.41) is 0.911. The van der Waals surface area contributed by atoms with Crippen LogP contribution in [0, 0.1) is 5.82 Å². The second-order valence-electron chi connectivity index (χ2n) is 4.51. The summed E-state index contributed by atoms with van der Waals surface area (Å²) >= 11 is 0. The van der Waals surface area contributed by atoms with Crippen molar-refractivity contribution >= 4 is 21.1 Å². The number of hydrogen-bond donors (Lipinski definition) is 2. The van der Waals surface area contributed by atoms with Crippen LogP contribution in [0.2, 0.25) is 0 Å². The Bertz CT molecular complexity index is 840. The zero-order chi connectivity index (χ0) is 14.9. The van der Waals surface area contributed by atoms with Crippen molar-refractivity contribution in [3.05, 3.63) is 60.2 Å². The maximum absolute atomic E-state index is 12.8. The van der Waals surface area contributed by atoms with Crippen molar-refractivity contribution in [1.29, 1.82) is 0 Å². The van der Waals surface area contributed by atoms with Gasteiger partial charge in [0.05, 0.1) is 11.4 Å². The molecule has 2 N–H and O–H groups in total. The number of halogens is 1. The second kappa shape index (κ2) is 5.27. The van der Waals surface area contributed by atoms with Gasteiger partial charge in [0.25, 0.3) is 0 Å². The Morgan fingerprint density at radius 3 is 2.67 bits per heavy atom. The van der Waals surface area contributed by atoms with Crippen molar-refractivity contribution in [2.24, 2.45) is 0 Å². The Morgan fingerprint density at radius 1 is 1.19 bits per heavy atom. The normalized spacial score (nSPS) is 11.9. The summed E-state index contributed by atoms with van der Waals surface area (Å²) in [5.74, 6) is -0.476. The van der Waals surface area contributed by atoms with Gasteiger partial charge < -0.3 is 4.98 Å². The molecule has 1 aromatic carbocycles. The summed E-state index contributed by atoms with van der Waals surface area (Å²) in [6.07, 6.45) is 1.66. The van der Waals surface area contributed by atoms with E-state index in [2.05, 4.69) is 14.7 Å². The summed E-state index contributed by atoms with van der Waals surface area (Å²) < 4.78 is 39.4. The number of nitrogens with one attached hydrogen (secondary N) is 2. The molecule has 0 aliphatic heterocycles. The van der Waals surface area contributed by atoms with Gasteiger partial charge in [-0.25, -0.2) is 22.5 Å². The zero-order valence-corrected chi connectivity index (χ0v) is 11.7. The van der Waals surface area contributed by atoms with Crippen molar-refractivity contribution < 1.29 is 12.8 Å². The average molecular weight is 305 g/mol. The largest absolute Gasteiger partial charge is 0.342 e. The highest BCUT2D eigenvalue weighted by atomic mass is 32.2. The van der Waals surface area contributed by atoms with Crippen LogP contribution in [0.15, 0.2) is 53.6 Å². The first kappa shape index (κ1) is 13.7. The van der Waals surface area contributed by atoms with Crippen LogP contribution in [0.1, 0.15) is 5.69 Å². The van der Waals surface area contributed by atoms with Crippen molar-refractivity contribution in [3.63, 3.8) is 0 Å². The molecule has 21 heavy (non-hydrogen) atoms. The summed E-state index contributed by atoms with van der Waals surface area (Å²) in [7, 11) is -3.67. The Morgan fingerprint density at radius 2 is 1.95 bits per heavy atom. The number of aromatic amines is 1. The molecule has 3 rings (SSSR count). The lowest BCUT2D eigenvalue weighted by Crippen LogP contribution is -2.23. The molecule has 0 radical (unpaired) electrons. The smallest absolute Gasteiger partial charge is 0.240 e. The summed E-state index contributed by atoms with van der Waals surface area (Å²) in [4.78, 5) is 7.20. The minimum Gasteiger partial charge on any atom is -0.342 e. The third-order valence-electron chi connectivity index (χ3n) is 3.02. The molecule has 0 amide bonds. The number of pyridine rings is 1. The molecule has 0 saturated heterocycles. The molecule has 0 bridgehead atoms. The molecule has 5 nitrogen and oxygen atoms in total. The van der Waals surface area contributed by atoms with Crippen LogP contribution in [-0.4, -0.2) is 18.4 Å². The number of rotatable bonds is 4. The Labute approximate surface area is 120 Å². The fourth-order valence-electron chi connectivity index (χ4n) is 1.98. The van der Waals surface area contributed by atoms with Crippen LogP contribution in [-0.2, 0) is 16.6 Å². The average Bonchev–Trinajstić information content (AvgIpc) is 2.89. The Hall–Kier alpha value is -2.25. The van der Waals surface area contributed by atoms with Gasteiger partial charge in [-0.1, -0.05) is 0 Å². The van der Waals surface area contributed by atoms with Crippen molar-refractivity contribution in [2.75, 3.05) is 0 Å². The second-order valence-corrected chi connectivity index (χ2v) is 6.28. The van der Waals surface area contributed by atoms with E-state index in [1.807, 2.05) is 18.2 Å². The molecule has 2 aromatic heterocycles. The fraction of sp³-hybridized carbons (Fsp3) is 0.0714. The monoisotopic (exact) mass is 305 g/mol. The van der Waals surface area contributed by atoms with Gasteiger partial charge >= 0.3 is 0 Å². The number of nitrogens with zero attached hydrogens (tertiary/aromatic N) is 1. The van der Waals surface area contributed by atoms with Gasteiger partial charge in [-0.05, 0) is 42.5 Å². The summed E-state index contributed by atoms with van der Waals surface area (Å²) in [5.41, 5.74) is 1.41. The number of H-pyrrole nitrogens is 1. The van der Waals surface area contributed by atoms with E-state index in [9.17, 15) is 12.8 Å². The highest BCUT2D eigenvalue weighted by Crippen LogP contribution is 2.14. The minimum atomic E-state index is -3.67. The number of fused-ring (bicyclic) bond motifs is 1. The van der Waals surface area contributed by atoms with Gasteiger partial charge in [0, 0.05) is 17.3 Å². The molecule has 0 aliphatic carbocycles. The lowest BCUT2D eigenvalue weighted by Gasteiger charge is -2.05. The standard InChI is InChI=1S/C14H12FN3O2S/c15-11-3-5-13(6-4-11)21(19,20)17-9-12-8-10-2-1-7-16-14(10)18-12/h1-8,17H,9H2,(H,16,18). The number of aromatic nitrogens is 2. The van der Waals surface area contributed by atoms with Crippen LogP contribution >= 0.6 is 0 Å². The highest BCUT2D eigenvalue weighted by molar-refractivity contribution is 7.89. The first-order valence-corrected chi connectivity index (χ1v) is 7.71. The van der Waals surface area contributed by atoms with Crippen molar-refractivity contribution in [2.45, 2.75) is 11.4 Å². The Kier molecular flexibility index (Phi) is 3.44. The zero-order valence-electron chi connectivity index (χ0n) is 10.9. The molecular weight excluding hydrogens is 293 g/mol. The maximum Gasteiger partial charge on any atom is 0.240 e. The highest BCUT2D eigenvalue weighted by Gasteiger charge is 2.14. The van der Waals surface area contributed by atoms with Gasteiger partial charge in [-0.2, -0.15) is 0 Å². The van der Waals surface area contributed by atoms with E-state index in [-0.39, 0.29) is 11.4 Å². The molecule has 3 aromatic rings. The molecular formula is C14H12FN3O2S. The van der Waals surface area contributed by atoms with Crippen LogP contribution in [0.5, 0.6) is 0 Å². The number of sulfonamides is 1. The number of benzene rings is 1. The van der Waals surface area contributed by atoms with E-state index >= 15 is 0 Å².